The van der Waals surface area contributed by atoms with Gasteiger partial charge >= 0.3 is 0 Å². The lowest BCUT2D eigenvalue weighted by atomic mass is 10.0. The molecule has 0 saturated heterocycles. The van der Waals surface area contributed by atoms with Crippen LogP contribution in [0.25, 0.3) is 0 Å². The van der Waals surface area contributed by atoms with Gasteiger partial charge in [-0.05, 0) is 48.2 Å². The Balaban J connectivity index is 1.89. The van der Waals surface area contributed by atoms with E-state index in [1.54, 1.807) is 24.1 Å². The molecule has 2 amide bonds. The highest BCUT2D eigenvalue weighted by Crippen LogP contribution is 2.23. The summed E-state index contributed by atoms with van der Waals surface area (Å²) in [6.45, 7) is 2.59. The minimum absolute atomic E-state index is 0.0437. The van der Waals surface area contributed by atoms with E-state index in [0.717, 1.165) is 34.5 Å². The Bertz CT molecular complexity index is 1420. The van der Waals surface area contributed by atoms with Gasteiger partial charge in [-0.15, -0.1) is 0 Å². The lowest BCUT2D eigenvalue weighted by Crippen LogP contribution is -2.50. The second-order valence-electron chi connectivity index (χ2n) is 10.1. The molecule has 0 aromatic heterocycles. The lowest BCUT2D eigenvalue weighted by Gasteiger charge is -2.32. The van der Waals surface area contributed by atoms with Crippen molar-refractivity contribution in [2.45, 2.75) is 51.6 Å². The number of carbonyl (C=O) groups is 2. The fraction of sp³-hybridized carbons (Fsp3) is 0.375. The van der Waals surface area contributed by atoms with Gasteiger partial charge in [0, 0.05) is 32.5 Å². The summed E-state index contributed by atoms with van der Waals surface area (Å²) < 4.78 is 45.9. The molecule has 0 spiro atoms. The Kier molecular flexibility index (Phi) is 12.3. The lowest BCUT2D eigenvalue weighted by molar-refractivity contribution is -0.141. The number of carbonyl (C=O) groups excluding carboxylic acids is 2. The van der Waals surface area contributed by atoms with Crippen LogP contribution in [0, 0.1) is 5.82 Å². The molecular formula is C32H40FN3O5S. The first-order chi connectivity index (χ1) is 20.1. The Morgan fingerprint density at radius 2 is 1.64 bits per heavy atom. The molecule has 0 fully saturated rings. The molecule has 1 N–H and O–H groups in total. The van der Waals surface area contributed by atoms with Crippen LogP contribution in [0.2, 0.25) is 0 Å². The molecule has 0 aliphatic heterocycles. The smallest absolute Gasteiger partial charge is 0.243 e. The maximum atomic E-state index is 14.5. The van der Waals surface area contributed by atoms with E-state index in [0.29, 0.717) is 18.7 Å². The molecule has 1 atom stereocenters. The number of methoxy groups -OCH3 is 1. The third kappa shape index (κ3) is 9.58. The molecule has 3 aromatic carbocycles. The maximum absolute atomic E-state index is 14.5. The van der Waals surface area contributed by atoms with Gasteiger partial charge in [0.1, 0.15) is 17.6 Å². The van der Waals surface area contributed by atoms with E-state index in [4.69, 9.17) is 4.74 Å². The van der Waals surface area contributed by atoms with E-state index in [9.17, 15) is 22.4 Å². The molecule has 3 aromatic rings. The Morgan fingerprint density at radius 3 is 2.31 bits per heavy atom. The monoisotopic (exact) mass is 597 g/mol. The van der Waals surface area contributed by atoms with E-state index in [1.807, 2.05) is 55.5 Å². The number of amides is 2. The fourth-order valence-corrected chi connectivity index (χ4v) is 5.63. The molecule has 0 aliphatic carbocycles. The number of para-hydroxylation sites is 1. The van der Waals surface area contributed by atoms with Gasteiger partial charge in [-0.3, -0.25) is 13.9 Å². The van der Waals surface area contributed by atoms with E-state index < -0.39 is 21.9 Å². The zero-order valence-electron chi connectivity index (χ0n) is 24.5. The van der Waals surface area contributed by atoms with Crippen molar-refractivity contribution in [3.63, 3.8) is 0 Å². The average Bonchev–Trinajstić information content (AvgIpc) is 2.97. The predicted molar refractivity (Wildman–Crippen MR) is 163 cm³/mol. The quantitative estimate of drug-likeness (QED) is 0.236. The summed E-state index contributed by atoms with van der Waals surface area (Å²) in [6.07, 6.45) is 3.12. The van der Waals surface area contributed by atoms with Crippen LogP contribution in [0.4, 0.5) is 10.1 Å². The van der Waals surface area contributed by atoms with Gasteiger partial charge in [0.2, 0.25) is 21.8 Å². The van der Waals surface area contributed by atoms with Crippen molar-refractivity contribution < 1.29 is 27.1 Å². The first-order valence-electron chi connectivity index (χ1n) is 14.1. The Labute approximate surface area is 248 Å². The number of nitrogens with zero attached hydrogens (tertiary/aromatic N) is 2. The van der Waals surface area contributed by atoms with Crippen molar-refractivity contribution in [1.82, 2.24) is 10.2 Å². The van der Waals surface area contributed by atoms with Gasteiger partial charge in [-0.1, -0.05) is 67.9 Å². The standard InChI is InChI=1S/C32H40FN3O5S/c1-4-5-20-34-32(38)30(23-25-13-7-6-8-14-25)35(24-26-15-11-16-27(22-26)41-2)31(37)19-12-21-36(42(3,39)40)29-18-10-9-17-28(29)33/h6-11,13-18,22,30H,4-5,12,19-21,23-24H2,1-3H3,(H,34,38)/t30-/m0/s1. The van der Waals surface area contributed by atoms with Crippen LogP contribution < -0.4 is 14.4 Å². The number of hydrogen-bond acceptors (Lipinski definition) is 5. The van der Waals surface area contributed by atoms with Crippen LogP contribution in [0.1, 0.15) is 43.7 Å². The van der Waals surface area contributed by atoms with Gasteiger partial charge < -0.3 is 15.0 Å². The fourth-order valence-electron chi connectivity index (χ4n) is 4.66. The van der Waals surface area contributed by atoms with Crippen molar-refractivity contribution in [2.24, 2.45) is 0 Å². The summed E-state index contributed by atoms with van der Waals surface area (Å²) in [5, 5.41) is 2.98. The van der Waals surface area contributed by atoms with Gasteiger partial charge in [0.25, 0.3) is 0 Å². The number of rotatable bonds is 16. The Hall–Kier alpha value is -3.92. The number of nitrogens with one attached hydrogen (secondary N) is 1. The van der Waals surface area contributed by atoms with Gasteiger partial charge in [-0.25, -0.2) is 12.8 Å². The Morgan fingerprint density at radius 1 is 0.952 bits per heavy atom. The van der Waals surface area contributed by atoms with Crippen LogP contribution in [-0.4, -0.2) is 57.6 Å². The van der Waals surface area contributed by atoms with Crippen molar-refractivity contribution >= 4 is 27.5 Å². The number of sulfonamides is 1. The maximum Gasteiger partial charge on any atom is 0.243 e. The second kappa shape index (κ2) is 15.9. The molecule has 0 radical (unpaired) electrons. The number of anilines is 1. The number of hydrogen-bond donors (Lipinski definition) is 1. The summed E-state index contributed by atoms with van der Waals surface area (Å²) in [4.78, 5) is 29.0. The number of unbranched alkanes of at least 4 members (excludes halogenated alkanes) is 1. The second-order valence-corrected chi connectivity index (χ2v) is 12.0. The highest BCUT2D eigenvalue weighted by molar-refractivity contribution is 7.92. The summed E-state index contributed by atoms with van der Waals surface area (Å²) >= 11 is 0. The molecule has 0 bridgehead atoms. The van der Waals surface area contributed by atoms with Gasteiger partial charge in [0.05, 0.1) is 19.1 Å². The first-order valence-corrected chi connectivity index (χ1v) is 15.9. The minimum atomic E-state index is -3.81. The molecule has 0 saturated carbocycles. The summed E-state index contributed by atoms with van der Waals surface area (Å²) in [5.74, 6) is -0.611. The molecule has 8 nitrogen and oxygen atoms in total. The molecule has 0 heterocycles. The minimum Gasteiger partial charge on any atom is -0.497 e. The van der Waals surface area contributed by atoms with E-state index >= 15 is 0 Å². The number of benzene rings is 3. The topological polar surface area (TPSA) is 96.0 Å². The predicted octanol–water partition coefficient (Wildman–Crippen LogP) is 4.94. The number of halogens is 1. The van der Waals surface area contributed by atoms with Gasteiger partial charge in [-0.2, -0.15) is 0 Å². The van der Waals surface area contributed by atoms with Crippen molar-refractivity contribution in [3.8, 4) is 5.75 Å². The van der Waals surface area contributed by atoms with Crippen LogP contribution in [0.5, 0.6) is 5.75 Å². The highest BCUT2D eigenvalue weighted by atomic mass is 32.2. The third-order valence-electron chi connectivity index (χ3n) is 6.86. The summed E-state index contributed by atoms with van der Waals surface area (Å²) in [6, 6.07) is 21.6. The largest absolute Gasteiger partial charge is 0.497 e. The van der Waals surface area contributed by atoms with Gasteiger partial charge in [0.15, 0.2) is 0 Å². The summed E-state index contributed by atoms with van der Waals surface area (Å²) in [7, 11) is -2.25. The van der Waals surface area contributed by atoms with Crippen LogP contribution in [-0.2, 0) is 32.6 Å². The molecular weight excluding hydrogens is 557 g/mol. The summed E-state index contributed by atoms with van der Waals surface area (Å²) in [5.41, 5.74) is 1.61. The average molecular weight is 598 g/mol. The molecule has 10 heteroatoms. The molecule has 226 valence electrons. The third-order valence-corrected chi connectivity index (χ3v) is 8.04. The normalized spacial score (nSPS) is 11.9. The zero-order chi connectivity index (χ0) is 30.5. The molecule has 42 heavy (non-hydrogen) atoms. The van der Waals surface area contributed by atoms with Crippen LogP contribution >= 0.6 is 0 Å². The molecule has 3 rings (SSSR count). The first kappa shape index (κ1) is 32.6. The van der Waals surface area contributed by atoms with E-state index in [-0.39, 0.29) is 43.4 Å². The van der Waals surface area contributed by atoms with Crippen molar-refractivity contribution in [3.05, 3.63) is 95.8 Å². The van der Waals surface area contributed by atoms with Crippen LogP contribution in [0.15, 0.2) is 78.9 Å². The molecule has 0 unspecified atom stereocenters. The van der Waals surface area contributed by atoms with Crippen LogP contribution in [0.3, 0.4) is 0 Å². The van der Waals surface area contributed by atoms with E-state index in [2.05, 4.69) is 5.32 Å². The number of ether oxygens (including phenoxy) is 1. The zero-order valence-corrected chi connectivity index (χ0v) is 25.3. The highest BCUT2D eigenvalue weighted by Gasteiger charge is 2.30. The van der Waals surface area contributed by atoms with Crippen molar-refractivity contribution in [2.75, 3.05) is 30.8 Å². The van der Waals surface area contributed by atoms with Crippen molar-refractivity contribution in [1.29, 1.82) is 0 Å². The molecule has 0 aliphatic rings. The SMILES string of the molecule is CCCCNC(=O)[C@H](Cc1ccccc1)N(Cc1cccc(OC)c1)C(=O)CCCN(c1ccccc1F)S(C)(=O)=O. The van der Waals surface area contributed by atoms with E-state index in [1.165, 1.54) is 18.2 Å².